The van der Waals surface area contributed by atoms with Crippen LogP contribution >= 0.6 is 11.6 Å². The molecule has 0 bridgehead atoms. The summed E-state index contributed by atoms with van der Waals surface area (Å²) in [6.45, 7) is 6.98. The third-order valence-electron chi connectivity index (χ3n) is 4.99. The number of halogens is 1. The first-order valence-electron chi connectivity index (χ1n) is 9.03. The molecule has 0 radical (unpaired) electrons. The van der Waals surface area contributed by atoms with Gasteiger partial charge in [0.25, 0.3) is 0 Å². The fourth-order valence-corrected chi connectivity index (χ4v) is 3.87. The van der Waals surface area contributed by atoms with E-state index in [0.29, 0.717) is 18.1 Å². The molecular weight excluding hydrogens is 324 g/mol. The largest absolute Gasteiger partial charge is 0.492 e. The molecule has 5 heteroatoms. The summed E-state index contributed by atoms with van der Waals surface area (Å²) in [7, 11) is 0. The first-order valence-corrected chi connectivity index (χ1v) is 9.41. The number of benzene rings is 1. The second-order valence-electron chi connectivity index (χ2n) is 7.16. The number of likely N-dealkylation sites (tertiary alicyclic amines) is 1. The predicted octanol–water partition coefficient (Wildman–Crippen LogP) is 3.13. The smallest absolute Gasteiger partial charge is 0.226 e. The molecule has 1 fully saturated rings. The van der Waals surface area contributed by atoms with E-state index in [-0.39, 0.29) is 11.8 Å². The van der Waals surface area contributed by atoms with Gasteiger partial charge in [-0.15, -0.1) is 0 Å². The Morgan fingerprint density at radius 3 is 3.17 bits per heavy atom. The number of ether oxygens (including phenoxy) is 1. The standard InChI is InChI=1S/C19H27ClN2O2/c1-14-4-2-8-22(12-14)9-3-7-21-19(23)16-10-15-11-17(20)5-6-18(15)24-13-16/h5-6,11,14,16H,2-4,7-10,12-13H2,1H3,(H,21,23). The normalized spacial score (nSPS) is 24.1. The van der Waals surface area contributed by atoms with Gasteiger partial charge in [0.2, 0.25) is 5.91 Å². The highest BCUT2D eigenvalue weighted by atomic mass is 35.5. The van der Waals surface area contributed by atoms with Crippen LogP contribution in [0.3, 0.4) is 0 Å². The number of nitrogens with one attached hydrogen (secondary N) is 1. The minimum absolute atomic E-state index is 0.0904. The minimum Gasteiger partial charge on any atom is -0.492 e. The Morgan fingerprint density at radius 2 is 2.33 bits per heavy atom. The highest BCUT2D eigenvalue weighted by Crippen LogP contribution is 2.29. The number of amides is 1. The number of piperidine rings is 1. The number of fused-ring (bicyclic) bond motifs is 1. The van der Waals surface area contributed by atoms with E-state index in [1.165, 1.54) is 25.9 Å². The number of carbonyl (C=O) groups excluding carboxylic acids is 1. The molecule has 0 spiro atoms. The third-order valence-corrected chi connectivity index (χ3v) is 5.23. The molecule has 0 aromatic heterocycles. The predicted molar refractivity (Wildman–Crippen MR) is 96.6 cm³/mol. The molecular formula is C19H27ClN2O2. The van der Waals surface area contributed by atoms with Crippen LogP contribution in [0.1, 0.15) is 31.7 Å². The summed E-state index contributed by atoms with van der Waals surface area (Å²) in [6.07, 6.45) is 4.36. The average molecular weight is 351 g/mol. The van der Waals surface area contributed by atoms with Crippen LogP contribution in [0.25, 0.3) is 0 Å². The second kappa shape index (κ2) is 8.21. The van der Waals surface area contributed by atoms with Crippen molar-refractivity contribution in [2.75, 3.05) is 32.8 Å². The van der Waals surface area contributed by atoms with Gasteiger partial charge in [-0.1, -0.05) is 18.5 Å². The molecule has 1 aromatic rings. The lowest BCUT2D eigenvalue weighted by Crippen LogP contribution is -2.39. The molecule has 0 saturated carbocycles. The van der Waals surface area contributed by atoms with Crippen LogP contribution in [-0.4, -0.2) is 43.6 Å². The van der Waals surface area contributed by atoms with Crippen LogP contribution in [0, 0.1) is 11.8 Å². The van der Waals surface area contributed by atoms with Gasteiger partial charge < -0.3 is 15.0 Å². The van der Waals surface area contributed by atoms with Crippen LogP contribution in [0.2, 0.25) is 5.02 Å². The molecule has 2 heterocycles. The monoisotopic (exact) mass is 350 g/mol. The molecule has 4 nitrogen and oxygen atoms in total. The molecule has 0 aliphatic carbocycles. The maximum atomic E-state index is 12.4. The van der Waals surface area contributed by atoms with E-state index in [1.807, 2.05) is 18.2 Å². The Balaban J connectivity index is 1.39. The van der Waals surface area contributed by atoms with Gasteiger partial charge in [-0.25, -0.2) is 0 Å². The molecule has 2 unspecified atom stereocenters. The maximum absolute atomic E-state index is 12.4. The van der Waals surface area contributed by atoms with Gasteiger partial charge in [0.15, 0.2) is 0 Å². The highest BCUT2D eigenvalue weighted by Gasteiger charge is 2.26. The van der Waals surface area contributed by atoms with Crippen LogP contribution in [-0.2, 0) is 11.2 Å². The van der Waals surface area contributed by atoms with Crippen LogP contribution in [0.4, 0.5) is 0 Å². The van der Waals surface area contributed by atoms with E-state index in [2.05, 4.69) is 17.1 Å². The van der Waals surface area contributed by atoms with Gasteiger partial charge >= 0.3 is 0 Å². The number of carbonyl (C=O) groups is 1. The van der Waals surface area contributed by atoms with E-state index in [1.54, 1.807) is 0 Å². The van der Waals surface area contributed by atoms with Crippen molar-refractivity contribution >= 4 is 17.5 Å². The Bertz CT molecular complexity index is 578. The van der Waals surface area contributed by atoms with Crippen molar-refractivity contribution in [2.24, 2.45) is 11.8 Å². The summed E-state index contributed by atoms with van der Waals surface area (Å²) in [5.74, 6) is 1.63. The topological polar surface area (TPSA) is 41.6 Å². The Morgan fingerprint density at radius 1 is 1.46 bits per heavy atom. The Labute approximate surface area is 149 Å². The van der Waals surface area contributed by atoms with Gasteiger partial charge in [-0.3, -0.25) is 4.79 Å². The molecule has 2 aliphatic heterocycles. The highest BCUT2D eigenvalue weighted by molar-refractivity contribution is 6.30. The van der Waals surface area contributed by atoms with Crippen LogP contribution in [0.15, 0.2) is 18.2 Å². The number of hydrogen-bond donors (Lipinski definition) is 1. The zero-order chi connectivity index (χ0) is 16.9. The lowest BCUT2D eigenvalue weighted by atomic mass is 9.96. The van der Waals surface area contributed by atoms with Crippen molar-refractivity contribution in [1.82, 2.24) is 10.2 Å². The average Bonchev–Trinajstić information content (AvgIpc) is 2.58. The molecule has 2 aliphatic rings. The van der Waals surface area contributed by atoms with Gasteiger partial charge in [-0.05, 0) is 68.5 Å². The van der Waals surface area contributed by atoms with Crippen LogP contribution < -0.4 is 10.1 Å². The molecule has 2 atom stereocenters. The molecule has 3 rings (SSSR count). The maximum Gasteiger partial charge on any atom is 0.226 e. The zero-order valence-corrected chi connectivity index (χ0v) is 15.1. The van der Waals surface area contributed by atoms with Crippen molar-refractivity contribution < 1.29 is 9.53 Å². The molecule has 1 aromatic carbocycles. The van der Waals surface area contributed by atoms with Crippen molar-refractivity contribution in [3.63, 3.8) is 0 Å². The fourth-order valence-electron chi connectivity index (χ4n) is 3.68. The third kappa shape index (κ3) is 4.64. The first kappa shape index (κ1) is 17.6. The summed E-state index contributed by atoms with van der Waals surface area (Å²) >= 11 is 6.03. The second-order valence-corrected chi connectivity index (χ2v) is 7.59. The molecule has 1 amide bonds. The van der Waals surface area contributed by atoms with Gasteiger partial charge in [-0.2, -0.15) is 0 Å². The van der Waals surface area contributed by atoms with E-state index in [4.69, 9.17) is 16.3 Å². The van der Waals surface area contributed by atoms with Crippen LogP contribution in [0.5, 0.6) is 5.75 Å². The quantitative estimate of drug-likeness (QED) is 0.829. The number of hydrogen-bond acceptors (Lipinski definition) is 3. The van der Waals surface area contributed by atoms with E-state index in [0.717, 1.165) is 36.7 Å². The summed E-state index contributed by atoms with van der Waals surface area (Å²) in [5, 5.41) is 3.76. The zero-order valence-electron chi connectivity index (χ0n) is 14.4. The Kier molecular flexibility index (Phi) is 6.01. The van der Waals surface area contributed by atoms with Crippen molar-refractivity contribution in [3.8, 4) is 5.75 Å². The minimum atomic E-state index is -0.119. The summed E-state index contributed by atoms with van der Waals surface area (Å²) < 4.78 is 5.70. The van der Waals surface area contributed by atoms with Crippen molar-refractivity contribution in [3.05, 3.63) is 28.8 Å². The van der Waals surface area contributed by atoms with Gasteiger partial charge in [0.05, 0.1) is 5.92 Å². The molecule has 132 valence electrons. The lowest BCUT2D eigenvalue weighted by molar-refractivity contribution is -0.126. The SMILES string of the molecule is CC1CCCN(CCCNC(=O)C2COc3ccc(Cl)cc3C2)C1. The molecule has 1 saturated heterocycles. The van der Waals surface area contributed by atoms with E-state index >= 15 is 0 Å². The van der Waals surface area contributed by atoms with E-state index in [9.17, 15) is 4.79 Å². The van der Waals surface area contributed by atoms with Crippen molar-refractivity contribution in [2.45, 2.75) is 32.6 Å². The number of rotatable bonds is 5. The summed E-state index contributed by atoms with van der Waals surface area (Å²) in [5.41, 5.74) is 1.02. The molecule has 1 N–H and O–H groups in total. The molecule has 24 heavy (non-hydrogen) atoms. The lowest BCUT2D eigenvalue weighted by Gasteiger charge is -2.30. The summed E-state index contributed by atoms with van der Waals surface area (Å²) in [4.78, 5) is 14.9. The van der Waals surface area contributed by atoms with E-state index < -0.39 is 0 Å². The fraction of sp³-hybridized carbons (Fsp3) is 0.632. The Hall–Kier alpha value is -1.26. The van der Waals surface area contributed by atoms with Gasteiger partial charge in [0.1, 0.15) is 12.4 Å². The number of nitrogens with zero attached hydrogens (tertiary/aromatic N) is 1. The van der Waals surface area contributed by atoms with Gasteiger partial charge in [0, 0.05) is 18.1 Å². The summed E-state index contributed by atoms with van der Waals surface area (Å²) in [6, 6.07) is 5.60. The van der Waals surface area contributed by atoms with Crippen molar-refractivity contribution in [1.29, 1.82) is 0 Å². The first-order chi connectivity index (χ1) is 11.6.